The molecule has 0 saturated carbocycles. The number of para-hydroxylation sites is 1. The molecular formula is C25H21BrN2O3S2. The summed E-state index contributed by atoms with van der Waals surface area (Å²) in [5, 5.41) is 3.51. The van der Waals surface area contributed by atoms with Gasteiger partial charge in [0.15, 0.2) is 0 Å². The molecule has 1 aromatic heterocycles. The highest BCUT2D eigenvalue weighted by atomic mass is 79.9. The Balaban J connectivity index is 1.89. The lowest BCUT2D eigenvalue weighted by molar-refractivity contribution is 0.104. The van der Waals surface area contributed by atoms with Gasteiger partial charge in [0.25, 0.3) is 0 Å². The number of carbonyl (C=O) groups excluding carboxylic acids is 1. The van der Waals surface area contributed by atoms with Crippen molar-refractivity contribution in [1.29, 1.82) is 0 Å². The van der Waals surface area contributed by atoms with E-state index in [9.17, 15) is 13.2 Å². The zero-order valence-corrected chi connectivity index (χ0v) is 21.1. The molecule has 0 saturated heterocycles. The second-order valence-corrected chi connectivity index (χ2v) is 11.4. The maximum Gasteiger partial charge on any atom is 0.211 e. The molecule has 0 bridgehead atoms. The molecule has 3 aromatic carbocycles. The fraction of sp³-hybridized carbons (Fsp3) is 0.0800. The first-order valence-electron chi connectivity index (χ1n) is 10.1. The summed E-state index contributed by atoms with van der Waals surface area (Å²) in [7, 11) is -4.00. The van der Waals surface area contributed by atoms with Gasteiger partial charge in [-0.15, -0.1) is 11.3 Å². The van der Waals surface area contributed by atoms with Crippen LogP contribution in [0, 0.1) is 13.8 Å². The molecule has 0 spiro atoms. The number of aryl methyl sites for hydroxylation is 2. The van der Waals surface area contributed by atoms with Crippen molar-refractivity contribution in [1.82, 2.24) is 0 Å². The summed E-state index contributed by atoms with van der Waals surface area (Å²) in [5.41, 5.74) is 9.46. The van der Waals surface area contributed by atoms with Crippen molar-refractivity contribution in [3.05, 3.63) is 98.8 Å². The minimum absolute atomic E-state index is 0.0513. The molecule has 5 nitrogen and oxygen atoms in total. The Morgan fingerprint density at radius 2 is 1.58 bits per heavy atom. The highest BCUT2D eigenvalue weighted by Crippen LogP contribution is 2.44. The molecule has 33 heavy (non-hydrogen) atoms. The van der Waals surface area contributed by atoms with Crippen LogP contribution in [0.2, 0.25) is 0 Å². The Labute approximate surface area is 205 Å². The molecule has 0 aliphatic rings. The van der Waals surface area contributed by atoms with E-state index < -0.39 is 9.84 Å². The molecule has 168 valence electrons. The molecule has 0 amide bonds. The molecule has 1 heterocycles. The number of hydrogen-bond acceptors (Lipinski definition) is 6. The maximum atomic E-state index is 13.6. The molecular weight excluding hydrogens is 520 g/mol. The number of halogens is 1. The standard InChI is InChI=1S/C25H21BrN2O3S2/c1-15-7-9-17(10-8-15)22(29)23-21(27)24(33(30,31)19-13-11-18(26)12-14-19)25(32-23)28-20-6-4-3-5-16(20)2/h3-14,28H,27H2,1-2H3. The monoisotopic (exact) mass is 540 g/mol. The first-order valence-corrected chi connectivity index (χ1v) is 13.1. The van der Waals surface area contributed by atoms with Gasteiger partial charge >= 0.3 is 0 Å². The van der Waals surface area contributed by atoms with E-state index in [1.54, 1.807) is 24.3 Å². The molecule has 0 aliphatic heterocycles. The number of sulfone groups is 1. The van der Waals surface area contributed by atoms with E-state index in [1.807, 2.05) is 50.2 Å². The number of thiophene rings is 1. The third-order valence-electron chi connectivity index (χ3n) is 5.21. The summed E-state index contributed by atoms with van der Waals surface area (Å²) in [6, 6.07) is 21.0. The summed E-state index contributed by atoms with van der Waals surface area (Å²) in [4.78, 5) is 13.5. The predicted molar refractivity (Wildman–Crippen MR) is 137 cm³/mol. The quantitative estimate of drug-likeness (QED) is 0.272. The van der Waals surface area contributed by atoms with Crippen molar-refractivity contribution in [2.45, 2.75) is 23.6 Å². The normalized spacial score (nSPS) is 11.4. The average Bonchev–Trinajstić information content (AvgIpc) is 3.12. The number of rotatable bonds is 6. The van der Waals surface area contributed by atoms with Crippen LogP contribution in [0.25, 0.3) is 0 Å². The van der Waals surface area contributed by atoms with Crippen molar-refractivity contribution in [3.63, 3.8) is 0 Å². The van der Waals surface area contributed by atoms with Crippen molar-refractivity contribution in [2.75, 3.05) is 11.1 Å². The van der Waals surface area contributed by atoms with Crippen LogP contribution in [0.3, 0.4) is 0 Å². The van der Waals surface area contributed by atoms with Crippen molar-refractivity contribution in [3.8, 4) is 0 Å². The highest BCUT2D eigenvalue weighted by molar-refractivity contribution is 9.10. The number of benzene rings is 3. The Bertz CT molecular complexity index is 1440. The van der Waals surface area contributed by atoms with Gasteiger partial charge in [0.05, 0.1) is 10.6 Å². The first-order chi connectivity index (χ1) is 15.7. The Morgan fingerprint density at radius 3 is 2.21 bits per heavy atom. The van der Waals surface area contributed by atoms with Gasteiger partial charge in [0.2, 0.25) is 15.6 Å². The van der Waals surface area contributed by atoms with Crippen LogP contribution in [-0.4, -0.2) is 14.2 Å². The molecule has 4 aromatic rings. The van der Waals surface area contributed by atoms with Crippen LogP contribution in [0.5, 0.6) is 0 Å². The summed E-state index contributed by atoms with van der Waals surface area (Å²) in [6.45, 7) is 3.85. The van der Waals surface area contributed by atoms with Crippen LogP contribution in [0.15, 0.2) is 87.1 Å². The van der Waals surface area contributed by atoms with Gasteiger partial charge in [-0.05, 0) is 49.7 Å². The summed E-state index contributed by atoms with van der Waals surface area (Å²) in [6.07, 6.45) is 0. The molecule has 4 rings (SSSR count). The number of nitrogens with one attached hydrogen (secondary N) is 1. The molecule has 8 heteroatoms. The van der Waals surface area contributed by atoms with Gasteiger partial charge in [-0.1, -0.05) is 64.0 Å². The van der Waals surface area contributed by atoms with Gasteiger partial charge in [0.1, 0.15) is 14.8 Å². The zero-order valence-electron chi connectivity index (χ0n) is 17.9. The van der Waals surface area contributed by atoms with E-state index in [2.05, 4.69) is 21.2 Å². The summed E-state index contributed by atoms with van der Waals surface area (Å²) in [5.74, 6) is -0.317. The van der Waals surface area contributed by atoms with E-state index in [1.165, 1.54) is 12.1 Å². The van der Waals surface area contributed by atoms with Gasteiger partial charge < -0.3 is 11.1 Å². The third kappa shape index (κ3) is 4.59. The van der Waals surface area contributed by atoms with Crippen LogP contribution < -0.4 is 11.1 Å². The van der Waals surface area contributed by atoms with E-state index in [0.717, 1.165) is 32.6 Å². The second-order valence-electron chi connectivity index (χ2n) is 7.60. The Hall–Kier alpha value is -2.94. The molecule has 0 unspecified atom stereocenters. The van der Waals surface area contributed by atoms with Crippen LogP contribution in [-0.2, 0) is 9.84 Å². The number of carbonyl (C=O) groups is 1. The lowest BCUT2D eigenvalue weighted by Crippen LogP contribution is -2.08. The minimum atomic E-state index is -4.00. The first kappa shape index (κ1) is 23.2. The molecule has 0 atom stereocenters. The van der Waals surface area contributed by atoms with E-state index in [4.69, 9.17) is 5.73 Å². The van der Waals surface area contributed by atoms with Crippen molar-refractivity contribution >= 4 is 59.3 Å². The Morgan fingerprint density at radius 1 is 0.939 bits per heavy atom. The highest BCUT2D eigenvalue weighted by Gasteiger charge is 2.31. The van der Waals surface area contributed by atoms with Gasteiger partial charge in [-0.2, -0.15) is 0 Å². The molecule has 0 fully saturated rings. The van der Waals surface area contributed by atoms with E-state index in [-0.39, 0.29) is 26.1 Å². The fourth-order valence-electron chi connectivity index (χ4n) is 3.35. The topological polar surface area (TPSA) is 89.3 Å². The molecule has 3 N–H and O–H groups in total. The lowest BCUT2D eigenvalue weighted by atomic mass is 10.1. The van der Waals surface area contributed by atoms with Crippen LogP contribution >= 0.6 is 27.3 Å². The van der Waals surface area contributed by atoms with E-state index in [0.29, 0.717) is 10.6 Å². The molecule has 0 radical (unpaired) electrons. The SMILES string of the molecule is Cc1ccc(C(=O)c2sc(Nc3ccccc3C)c(S(=O)(=O)c3ccc(Br)cc3)c2N)cc1. The largest absolute Gasteiger partial charge is 0.396 e. The minimum Gasteiger partial charge on any atom is -0.396 e. The van der Waals surface area contributed by atoms with Gasteiger partial charge in [-0.25, -0.2) is 8.42 Å². The smallest absolute Gasteiger partial charge is 0.211 e. The van der Waals surface area contributed by atoms with Gasteiger partial charge in [0, 0.05) is 15.7 Å². The van der Waals surface area contributed by atoms with Crippen LogP contribution in [0.4, 0.5) is 16.4 Å². The number of anilines is 3. The third-order valence-corrected chi connectivity index (χ3v) is 8.84. The van der Waals surface area contributed by atoms with Crippen LogP contribution in [0.1, 0.15) is 26.4 Å². The predicted octanol–water partition coefficient (Wildman–Crippen LogP) is 6.52. The second kappa shape index (κ2) is 9.13. The Kier molecular flexibility index (Phi) is 6.43. The molecule has 0 aliphatic carbocycles. The van der Waals surface area contributed by atoms with E-state index >= 15 is 0 Å². The van der Waals surface area contributed by atoms with Gasteiger partial charge in [-0.3, -0.25) is 4.79 Å². The number of ketones is 1. The van der Waals surface area contributed by atoms with Crippen molar-refractivity contribution < 1.29 is 13.2 Å². The zero-order chi connectivity index (χ0) is 23.8. The lowest BCUT2D eigenvalue weighted by Gasteiger charge is -2.11. The maximum absolute atomic E-state index is 13.6. The number of hydrogen-bond donors (Lipinski definition) is 2. The average molecular weight is 541 g/mol. The fourth-order valence-corrected chi connectivity index (χ4v) is 6.54. The number of nitrogens with two attached hydrogens (primary N) is 1. The number of nitrogen functional groups attached to an aromatic ring is 1. The summed E-state index contributed by atoms with van der Waals surface area (Å²) >= 11 is 4.38. The summed E-state index contributed by atoms with van der Waals surface area (Å²) < 4.78 is 28.0. The van der Waals surface area contributed by atoms with Crippen molar-refractivity contribution in [2.24, 2.45) is 0 Å².